The minimum atomic E-state index is -0.0183. The van der Waals surface area contributed by atoms with Crippen LogP contribution in [0.3, 0.4) is 0 Å². The fourth-order valence-corrected chi connectivity index (χ4v) is 3.43. The highest BCUT2D eigenvalue weighted by molar-refractivity contribution is 5.72. The lowest BCUT2D eigenvalue weighted by Gasteiger charge is -2.29. The summed E-state index contributed by atoms with van der Waals surface area (Å²) in [5, 5.41) is 9.10. The molecule has 4 heteroatoms. The predicted molar refractivity (Wildman–Crippen MR) is 76.2 cm³/mol. The topological polar surface area (TPSA) is 55.8 Å². The van der Waals surface area contributed by atoms with E-state index in [-0.39, 0.29) is 18.5 Å². The highest BCUT2D eigenvalue weighted by Crippen LogP contribution is 2.30. The average Bonchev–Trinajstić information content (AvgIpc) is 2.53. The molecule has 0 atom stereocenters. The van der Waals surface area contributed by atoms with Crippen LogP contribution in [0.1, 0.15) is 51.4 Å². The van der Waals surface area contributed by atoms with E-state index in [1.165, 1.54) is 0 Å². The Morgan fingerprint density at radius 3 is 2.15 bits per heavy atom. The van der Waals surface area contributed by atoms with Crippen molar-refractivity contribution >= 4 is 5.97 Å². The standard InChI is InChI=1S/C16H28O4/c1-19-15-8-4-13(5-9-15)11-20-16(18)14-6-2-12(10-17)3-7-14/h12-15,17H,2-11H2,1H3. The molecule has 0 aliphatic heterocycles. The zero-order valence-electron chi connectivity index (χ0n) is 12.6. The van der Waals surface area contributed by atoms with Crippen LogP contribution >= 0.6 is 0 Å². The van der Waals surface area contributed by atoms with Gasteiger partial charge in [-0.3, -0.25) is 4.79 Å². The predicted octanol–water partition coefficient (Wildman–Crippen LogP) is 2.53. The Morgan fingerprint density at radius 2 is 1.60 bits per heavy atom. The summed E-state index contributed by atoms with van der Waals surface area (Å²) in [5.41, 5.74) is 0. The maximum Gasteiger partial charge on any atom is 0.308 e. The lowest BCUT2D eigenvalue weighted by atomic mass is 9.82. The summed E-state index contributed by atoms with van der Waals surface area (Å²) in [6.45, 7) is 0.833. The van der Waals surface area contributed by atoms with Crippen molar-refractivity contribution in [1.29, 1.82) is 0 Å². The number of esters is 1. The first-order valence-corrected chi connectivity index (χ1v) is 8.03. The number of carbonyl (C=O) groups is 1. The molecule has 2 fully saturated rings. The van der Waals surface area contributed by atoms with Crippen molar-refractivity contribution in [3.05, 3.63) is 0 Å². The molecule has 0 unspecified atom stereocenters. The smallest absolute Gasteiger partial charge is 0.308 e. The first kappa shape index (κ1) is 15.8. The number of hydrogen-bond acceptors (Lipinski definition) is 4. The molecule has 0 amide bonds. The molecule has 2 saturated carbocycles. The monoisotopic (exact) mass is 284 g/mol. The second-order valence-electron chi connectivity index (χ2n) is 6.41. The van der Waals surface area contributed by atoms with Crippen molar-refractivity contribution in [1.82, 2.24) is 0 Å². The summed E-state index contributed by atoms with van der Waals surface area (Å²) in [6, 6.07) is 0. The van der Waals surface area contributed by atoms with Crippen molar-refractivity contribution in [2.45, 2.75) is 57.5 Å². The van der Waals surface area contributed by atoms with E-state index >= 15 is 0 Å². The van der Waals surface area contributed by atoms with Crippen LogP contribution < -0.4 is 0 Å². The lowest BCUT2D eigenvalue weighted by Crippen LogP contribution is -2.28. The van der Waals surface area contributed by atoms with E-state index in [4.69, 9.17) is 14.6 Å². The van der Waals surface area contributed by atoms with Gasteiger partial charge in [-0.2, -0.15) is 0 Å². The van der Waals surface area contributed by atoms with Crippen LogP contribution in [-0.2, 0) is 14.3 Å². The summed E-state index contributed by atoms with van der Waals surface area (Å²) < 4.78 is 10.9. The lowest BCUT2D eigenvalue weighted by molar-refractivity contribution is -0.152. The van der Waals surface area contributed by atoms with E-state index in [2.05, 4.69) is 0 Å². The summed E-state index contributed by atoms with van der Waals surface area (Å²) in [5.74, 6) is 0.950. The number of methoxy groups -OCH3 is 1. The second-order valence-corrected chi connectivity index (χ2v) is 6.41. The summed E-state index contributed by atoms with van der Waals surface area (Å²) in [4.78, 5) is 12.0. The van der Waals surface area contributed by atoms with Crippen LogP contribution in [0.15, 0.2) is 0 Å². The number of ether oxygens (including phenoxy) is 2. The maximum atomic E-state index is 12.0. The molecule has 2 aliphatic rings. The molecule has 1 N–H and O–H groups in total. The third kappa shape index (κ3) is 4.45. The van der Waals surface area contributed by atoms with Gasteiger partial charge in [0, 0.05) is 13.7 Å². The first-order valence-electron chi connectivity index (χ1n) is 8.03. The molecule has 0 aromatic rings. The largest absolute Gasteiger partial charge is 0.465 e. The van der Waals surface area contributed by atoms with E-state index in [1.54, 1.807) is 7.11 Å². The minimum Gasteiger partial charge on any atom is -0.465 e. The summed E-state index contributed by atoms with van der Waals surface area (Å²) in [7, 11) is 1.77. The summed E-state index contributed by atoms with van der Waals surface area (Å²) >= 11 is 0. The molecule has 2 rings (SSSR count). The van der Waals surface area contributed by atoms with Crippen LogP contribution in [0.2, 0.25) is 0 Å². The van der Waals surface area contributed by atoms with E-state index in [0.717, 1.165) is 51.4 Å². The minimum absolute atomic E-state index is 0.0183. The molecule has 0 radical (unpaired) electrons. The highest BCUT2D eigenvalue weighted by Gasteiger charge is 2.28. The number of rotatable bonds is 5. The van der Waals surface area contributed by atoms with Gasteiger partial charge < -0.3 is 14.6 Å². The van der Waals surface area contributed by atoms with Gasteiger partial charge in [0.2, 0.25) is 0 Å². The Balaban J connectivity index is 1.63. The summed E-state index contributed by atoms with van der Waals surface area (Å²) in [6.07, 6.45) is 8.42. The fourth-order valence-electron chi connectivity index (χ4n) is 3.43. The number of aliphatic hydroxyl groups excluding tert-OH is 1. The average molecular weight is 284 g/mol. The van der Waals surface area contributed by atoms with Crippen LogP contribution in [-0.4, -0.2) is 37.5 Å². The van der Waals surface area contributed by atoms with Gasteiger partial charge in [0.25, 0.3) is 0 Å². The Bertz CT molecular complexity index is 289. The van der Waals surface area contributed by atoms with Gasteiger partial charge in [0.1, 0.15) is 0 Å². The maximum absolute atomic E-state index is 12.0. The Kier molecular flexibility index (Phi) is 6.30. The zero-order chi connectivity index (χ0) is 14.4. The Morgan fingerprint density at radius 1 is 1.00 bits per heavy atom. The number of hydrogen-bond donors (Lipinski definition) is 1. The molecule has 0 bridgehead atoms. The fraction of sp³-hybridized carbons (Fsp3) is 0.938. The highest BCUT2D eigenvalue weighted by atomic mass is 16.5. The molecule has 2 aliphatic carbocycles. The molecule has 116 valence electrons. The molecule has 0 aromatic carbocycles. The SMILES string of the molecule is COC1CCC(COC(=O)C2CCC(CO)CC2)CC1. The van der Waals surface area contributed by atoms with E-state index in [9.17, 15) is 4.79 Å². The van der Waals surface area contributed by atoms with Crippen molar-refractivity contribution in [3.8, 4) is 0 Å². The van der Waals surface area contributed by atoms with Crippen LogP contribution in [0.25, 0.3) is 0 Å². The molecule has 0 aromatic heterocycles. The van der Waals surface area contributed by atoms with Crippen LogP contribution in [0, 0.1) is 17.8 Å². The molecule has 0 spiro atoms. The van der Waals surface area contributed by atoms with E-state index in [0.29, 0.717) is 24.5 Å². The third-order valence-electron chi connectivity index (χ3n) is 5.03. The first-order chi connectivity index (χ1) is 9.72. The van der Waals surface area contributed by atoms with Gasteiger partial charge in [-0.05, 0) is 63.2 Å². The third-order valence-corrected chi connectivity index (χ3v) is 5.03. The molecule has 0 heterocycles. The van der Waals surface area contributed by atoms with Crippen molar-refractivity contribution in [3.63, 3.8) is 0 Å². The van der Waals surface area contributed by atoms with Gasteiger partial charge in [0.05, 0.1) is 18.6 Å². The molecule has 20 heavy (non-hydrogen) atoms. The van der Waals surface area contributed by atoms with Crippen LogP contribution in [0.4, 0.5) is 0 Å². The van der Waals surface area contributed by atoms with Gasteiger partial charge in [0.15, 0.2) is 0 Å². The number of carbonyl (C=O) groups excluding carboxylic acids is 1. The van der Waals surface area contributed by atoms with Crippen molar-refractivity contribution in [2.24, 2.45) is 17.8 Å². The van der Waals surface area contributed by atoms with Crippen molar-refractivity contribution < 1.29 is 19.4 Å². The molecular weight excluding hydrogens is 256 g/mol. The quantitative estimate of drug-likeness (QED) is 0.788. The van der Waals surface area contributed by atoms with E-state index in [1.807, 2.05) is 0 Å². The molecule has 0 saturated heterocycles. The molecular formula is C16H28O4. The molecule has 4 nitrogen and oxygen atoms in total. The second kappa shape index (κ2) is 7.99. The Labute approximate surface area is 121 Å². The van der Waals surface area contributed by atoms with Gasteiger partial charge in [-0.1, -0.05) is 0 Å². The van der Waals surface area contributed by atoms with E-state index < -0.39 is 0 Å². The normalized spacial score (nSPS) is 34.7. The van der Waals surface area contributed by atoms with Gasteiger partial charge in [-0.15, -0.1) is 0 Å². The van der Waals surface area contributed by atoms with Gasteiger partial charge in [-0.25, -0.2) is 0 Å². The number of aliphatic hydroxyl groups is 1. The van der Waals surface area contributed by atoms with Gasteiger partial charge >= 0.3 is 5.97 Å². The Hall–Kier alpha value is -0.610. The van der Waals surface area contributed by atoms with Crippen molar-refractivity contribution in [2.75, 3.05) is 20.3 Å². The van der Waals surface area contributed by atoms with Crippen LogP contribution in [0.5, 0.6) is 0 Å². The zero-order valence-corrected chi connectivity index (χ0v) is 12.6.